The Kier molecular flexibility index (Phi) is 4.15. The second-order valence-electron chi connectivity index (χ2n) is 4.52. The van der Waals surface area contributed by atoms with Crippen LogP contribution in [-0.2, 0) is 9.53 Å². The highest BCUT2D eigenvalue weighted by Gasteiger charge is 2.34. The molecule has 0 aromatic carbocycles. The summed E-state index contributed by atoms with van der Waals surface area (Å²) in [5, 5.41) is 12.7. The summed E-state index contributed by atoms with van der Waals surface area (Å²) in [4.78, 5) is 13.5. The molecule has 2 fully saturated rings. The van der Waals surface area contributed by atoms with Gasteiger partial charge in [-0.2, -0.15) is 0 Å². The molecule has 0 spiro atoms. The summed E-state index contributed by atoms with van der Waals surface area (Å²) < 4.78 is 5.27. The summed E-state index contributed by atoms with van der Waals surface area (Å²) in [7, 11) is 0. The molecule has 2 heterocycles. The highest BCUT2D eigenvalue weighted by molar-refractivity contribution is 5.74. The molecule has 0 aromatic rings. The van der Waals surface area contributed by atoms with E-state index in [4.69, 9.17) is 4.74 Å². The Hall–Kier alpha value is -0.650. The average Bonchev–Trinajstić information content (AvgIpc) is 2.31. The Morgan fingerprint density at radius 3 is 2.50 bits per heavy atom. The number of carboxylic acids is 1. The smallest absolute Gasteiger partial charge is 0.321 e. The number of nitrogens with one attached hydrogen (secondary N) is 1. The van der Waals surface area contributed by atoms with E-state index in [0.717, 1.165) is 39.0 Å². The lowest BCUT2D eigenvalue weighted by Crippen LogP contribution is -2.52. The molecule has 0 radical (unpaired) electrons. The zero-order chi connectivity index (χ0) is 11.4. The summed E-state index contributed by atoms with van der Waals surface area (Å²) in [5.74, 6) is -0.384. The number of piperidine rings is 1. The van der Waals surface area contributed by atoms with Crippen molar-refractivity contribution in [1.29, 1.82) is 0 Å². The van der Waals surface area contributed by atoms with Crippen molar-refractivity contribution in [1.82, 2.24) is 10.2 Å². The van der Waals surface area contributed by atoms with E-state index in [-0.39, 0.29) is 12.0 Å². The lowest BCUT2D eigenvalue weighted by molar-refractivity contribution is -0.148. The second kappa shape index (κ2) is 5.61. The van der Waals surface area contributed by atoms with Gasteiger partial charge in [0.05, 0.1) is 13.2 Å². The maximum absolute atomic E-state index is 11.4. The van der Waals surface area contributed by atoms with E-state index >= 15 is 0 Å². The molecule has 1 unspecified atom stereocenters. The third kappa shape index (κ3) is 2.72. The van der Waals surface area contributed by atoms with Gasteiger partial charge in [0.15, 0.2) is 0 Å². The molecule has 5 heteroatoms. The minimum absolute atomic E-state index is 0.289. The first-order valence-electron chi connectivity index (χ1n) is 6.04. The molecule has 0 bridgehead atoms. The lowest BCUT2D eigenvalue weighted by Gasteiger charge is -2.38. The highest BCUT2D eigenvalue weighted by Crippen LogP contribution is 2.22. The van der Waals surface area contributed by atoms with E-state index in [1.165, 1.54) is 0 Å². The molecule has 0 saturated carbocycles. The van der Waals surface area contributed by atoms with Crippen LogP contribution in [0.25, 0.3) is 0 Å². The molecule has 0 aromatic heterocycles. The van der Waals surface area contributed by atoms with Gasteiger partial charge >= 0.3 is 5.97 Å². The summed E-state index contributed by atoms with van der Waals surface area (Å²) in [5.41, 5.74) is 0. The number of hydrogen-bond acceptors (Lipinski definition) is 4. The number of ether oxygens (including phenoxy) is 1. The SMILES string of the molecule is O=C(O)C(C1CCNCC1)N1CCOCC1. The van der Waals surface area contributed by atoms with E-state index in [2.05, 4.69) is 10.2 Å². The van der Waals surface area contributed by atoms with Gasteiger partial charge in [0.2, 0.25) is 0 Å². The molecular weight excluding hydrogens is 208 g/mol. The molecule has 92 valence electrons. The van der Waals surface area contributed by atoms with Crippen LogP contribution in [0.5, 0.6) is 0 Å². The van der Waals surface area contributed by atoms with Crippen LogP contribution < -0.4 is 5.32 Å². The second-order valence-corrected chi connectivity index (χ2v) is 4.52. The molecule has 2 N–H and O–H groups in total. The minimum Gasteiger partial charge on any atom is -0.480 e. The fourth-order valence-corrected chi connectivity index (χ4v) is 2.67. The first-order valence-corrected chi connectivity index (χ1v) is 6.04. The molecule has 2 aliphatic heterocycles. The number of hydrogen-bond donors (Lipinski definition) is 2. The predicted octanol–water partition coefficient (Wildman–Crippen LogP) is -0.229. The summed E-state index contributed by atoms with van der Waals surface area (Å²) in [6, 6.07) is -0.314. The van der Waals surface area contributed by atoms with Gasteiger partial charge < -0.3 is 15.2 Å². The average molecular weight is 228 g/mol. The Morgan fingerprint density at radius 1 is 1.31 bits per heavy atom. The van der Waals surface area contributed by atoms with E-state index in [1.54, 1.807) is 0 Å². The molecule has 16 heavy (non-hydrogen) atoms. The molecule has 5 nitrogen and oxygen atoms in total. The standard InChI is InChI=1S/C11H20N2O3/c14-11(15)10(9-1-3-12-4-2-9)13-5-7-16-8-6-13/h9-10,12H,1-8H2,(H,14,15). The summed E-state index contributed by atoms with van der Waals surface area (Å²) >= 11 is 0. The lowest BCUT2D eigenvalue weighted by atomic mass is 9.89. The van der Waals surface area contributed by atoms with Crippen molar-refractivity contribution in [2.24, 2.45) is 5.92 Å². The predicted molar refractivity (Wildman–Crippen MR) is 59.4 cm³/mol. The minimum atomic E-state index is -0.672. The largest absolute Gasteiger partial charge is 0.480 e. The number of carboxylic acid groups (broad SMARTS) is 1. The van der Waals surface area contributed by atoms with Crippen LogP contribution in [0, 0.1) is 5.92 Å². The van der Waals surface area contributed by atoms with Crippen molar-refractivity contribution >= 4 is 5.97 Å². The number of carbonyl (C=O) groups is 1. The zero-order valence-electron chi connectivity index (χ0n) is 9.52. The Bertz CT molecular complexity index is 217. The van der Waals surface area contributed by atoms with Crippen molar-refractivity contribution in [3.8, 4) is 0 Å². The van der Waals surface area contributed by atoms with Gasteiger partial charge in [0.25, 0.3) is 0 Å². The molecule has 1 atom stereocenters. The van der Waals surface area contributed by atoms with Crippen molar-refractivity contribution < 1.29 is 14.6 Å². The van der Waals surface area contributed by atoms with Gasteiger partial charge in [0.1, 0.15) is 6.04 Å². The maximum atomic E-state index is 11.4. The quantitative estimate of drug-likeness (QED) is 0.699. The normalized spacial score (nSPS) is 26.5. The van der Waals surface area contributed by atoms with Gasteiger partial charge in [-0.3, -0.25) is 9.69 Å². The first kappa shape index (κ1) is 11.8. The van der Waals surface area contributed by atoms with Gasteiger partial charge in [-0.15, -0.1) is 0 Å². The monoisotopic (exact) mass is 228 g/mol. The molecule has 2 aliphatic rings. The fraction of sp³-hybridized carbons (Fsp3) is 0.909. The van der Waals surface area contributed by atoms with Crippen LogP contribution in [0.2, 0.25) is 0 Å². The zero-order valence-corrected chi connectivity index (χ0v) is 9.52. The Balaban J connectivity index is 1.99. The van der Waals surface area contributed by atoms with Gasteiger partial charge in [-0.25, -0.2) is 0 Å². The van der Waals surface area contributed by atoms with E-state index < -0.39 is 5.97 Å². The van der Waals surface area contributed by atoms with Gasteiger partial charge in [-0.05, 0) is 31.8 Å². The number of morpholine rings is 1. The number of aliphatic carboxylic acids is 1. The summed E-state index contributed by atoms with van der Waals surface area (Å²) in [6.45, 7) is 4.71. The van der Waals surface area contributed by atoms with Gasteiger partial charge in [-0.1, -0.05) is 0 Å². The van der Waals surface area contributed by atoms with Crippen LogP contribution >= 0.6 is 0 Å². The maximum Gasteiger partial charge on any atom is 0.321 e. The highest BCUT2D eigenvalue weighted by atomic mass is 16.5. The Labute approximate surface area is 95.8 Å². The van der Waals surface area contributed by atoms with Crippen LogP contribution in [0.1, 0.15) is 12.8 Å². The molecule has 2 rings (SSSR count). The van der Waals surface area contributed by atoms with Crippen LogP contribution in [-0.4, -0.2) is 61.4 Å². The van der Waals surface area contributed by atoms with Crippen molar-refractivity contribution in [2.45, 2.75) is 18.9 Å². The van der Waals surface area contributed by atoms with Crippen molar-refractivity contribution in [3.05, 3.63) is 0 Å². The van der Waals surface area contributed by atoms with Crippen molar-refractivity contribution in [2.75, 3.05) is 39.4 Å². The first-order chi connectivity index (χ1) is 7.79. The summed E-state index contributed by atoms with van der Waals surface area (Å²) in [6.07, 6.45) is 1.93. The molecular formula is C11H20N2O3. The molecule has 0 amide bonds. The third-order valence-corrected chi connectivity index (χ3v) is 3.52. The number of rotatable bonds is 3. The third-order valence-electron chi connectivity index (χ3n) is 3.52. The van der Waals surface area contributed by atoms with E-state index in [0.29, 0.717) is 13.2 Å². The van der Waals surface area contributed by atoms with E-state index in [9.17, 15) is 9.90 Å². The number of nitrogens with zero attached hydrogens (tertiary/aromatic N) is 1. The van der Waals surface area contributed by atoms with Crippen LogP contribution in [0.3, 0.4) is 0 Å². The molecule has 0 aliphatic carbocycles. The van der Waals surface area contributed by atoms with E-state index in [1.807, 2.05) is 0 Å². The molecule has 2 saturated heterocycles. The topological polar surface area (TPSA) is 61.8 Å². The Morgan fingerprint density at radius 2 is 1.94 bits per heavy atom. The van der Waals surface area contributed by atoms with Crippen LogP contribution in [0.15, 0.2) is 0 Å². The van der Waals surface area contributed by atoms with Gasteiger partial charge in [0, 0.05) is 13.1 Å². The van der Waals surface area contributed by atoms with Crippen LogP contribution in [0.4, 0.5) is 0 Å². The van der Waals surface area contributed by atoms with Crippen molar-refractivity contribution in [3.63, 3.8) is 0 Å². The fourth-order valence-electron chi connectivity index (χ4n) is 2.67.